The quantitative estimate of drug-likeness (QED) is 0.732. The first-order valence-corrected chi connectivity index (χ1v) is 6.10. The highest BCUT2D eigenvalue weighted by atomic mass is 16.5. The van der Waals surface area contributed by atoms with Gasteiger partial charge >= 0.3 is 0 Å². The molecule has 1 N–H and O–H groups in total. The van der Waals surface area contributed by atoms with Gasteiger partial charge in [0.2, 0.25) is 0 Å². The Kier molecular flexibility index (Phi) is 3.13. The molecule has 0 bridgehead atoms. The van der Waals surface area contributed by atoms with Gasteiger partial charge in [-0.25, -0.2) is 0 Å². The molecular weight excluding hydrogens is 174 g/mol. The maximum Gasteiger partial charge on any atom is 0.0710 e. The fourth-order valence-electron chi connectivity index (χ4n) is 2.81. The molecule has 2 heterocycles. The van der Waals surface area contributed by atoms with E-state index in [1.54, 1.807) is 0 Å². The Labute approximate surface area is 87.4 Å². The van der Waals surface area contributed by atoms with Crippen LogP contribution in [0.1, 0.15) is 39.5 Å². The summed E-state index contributed by atoms with van der Waals surface area (Å²) < 4.78 is 6.08. The second-order valence-electron chi connectivity index (χ2n) is 5.09. The Bertz CT molecular complexity index is 187. The molecule has 0 aromatic carbocycles. The zero-order chi connectivity index (χ0) is 10.0. The van der Waals surface area contributed by atoms with Gasteiger partial charge in [0.1, 0.15) is 0 Å². The lowest BCUT2D eigenvalue weighted by atomic mass is 9.81. The third kappa shape index (κ3) is 1.96. The first-order chi connectivity index (χ1) is 6.76. The standard InChI is InChI=1S/C12H23NO/c1-3-10(2)11-8-12(14-9-11)4-6-13-7-5-12/h10-11,13H,3-9H2,1-2H3. The molecule has 2 rings (SSSR count). The van der Waals surface area contributed by atoms with E-state index in [4.69, 9.17) is 4.74 Å². The van der Waals surface area contributed by atoms with Gasteiger partial charge in [-0.15, -0.1) is 0 Å². The maximum atomic E-state index is 6.08. The van der Waals surface area contributed by atoms with Crippen LogP contribution < -0.4 is 5.32 Å². The summed E-state index contributed by atoms with van der Waals surface area (Å²) in [6, 6.07) is 0. The Hall–Kier alpha value is -0.0800. The van der Waals surface area contributed by atoms with E-state index in [-0.39, 0.29) is 5.60 Å². The number of hydrogen-bond acceptors (Lipinski definition) is 2. The number of nitrogens with one attached hydrogen (secondary N) is 1. The summed E-state index contributed by atoms with van der Waals surface area (Å²) in [6.07, 6.45) is 5.05. The Balaban J connectivity index is 1.92. The molecule has 2 saturated heterocycles. The van der Waals surface area contributed by atoms with E-state index in [1.165, 1.54) is 25.7 Å². The first kappa shape index (κ1) is 10.4. The van der Waals surface area contributed by atoms with Crippen LogP contribution in [0.25, 0.3) is 0 Å². The van der Waals surface area contributed by atoms with Gasteiger partial charge in [0.25, 0.3) is 0 Å². The summed E-state index contributed by atoms with van der Waals surface area (Å²) in [7, 11) is 0. The minimum absolute atomic E-state index is 0.263. The number of ether oxygens (including phenoxy) is 1. The third-order valence-electron chi connectivity index (χ3n) is 4.20. The molecule has 0 saturated carbocycles. The smallest absolute Gasteiger partial charge is 0.0710 e. The molecule has 14 heavy (non-hydrogen) atoms. The molecule has 0 radical (unpaired) electrons. The third-order valence-corrected chi connectivity index (χ3v) is 4.20. The fourth-order valence-corrected chi connectivity index (χ4v) is 2.81. The second kappa shape index (κ2) is 4.19. The van der Waals surface area contributed by atoms with E-state index >= 15 is 0 Å². The van der Waals surface area contributed by atoms with E-state index in [0.717, 1.165) is 31.5 Å². The average molecular weight is 197 g/mol. The van der Waals surface area contributed by atoms with E-state index in [1.807, 2.05) is 0 Å². The van der Waals surface area contributed by atoms with Crippen molar-refractivity contribution in [3.8, 4) is 0 Å². The molecule has 2 atom stereocenters. The molecule has 2 heteroatoms. The van der Waals surface area contributed by atoms with Crippen molar-refractivity contribution in [1.29, 1.82) is 0 Å². The van der Waals surface area contributed by atoms with Gasteiger partial charge < -0.3 is 10.1 Å². The van der Waals surface area contributed by atoms with Gasteiger partial charge in [-0.1, -0.05) is 20.3 Å². The van der Waals surface area contributed by atoms with Crippen molar-refractivity contribution in [2.75, 3.05) is 19.7 Å². The number of rotatable bonds is 2. The molecule has 0 aromatic heterocycles. The van der Waals surface area contributed by atoms with Gasteiger partial charge in [-0.2, -0.15) is 0 Å². The molecule has 2 unspecified atom stereocenters. The summed E-state index contributed by atoms with van der Waals surface area (Å²) in [4.78, 5) is 0. The topological polar surface area (TPSA) is 21.3 Å². The number of piperidine rings is 1. The van der Waals surface area contributed by atoms with Gasteiger partial charge in [-0.05, 0) is 44.2 Å². The molecule has 2 aliphatic rings. The number of hydrogen-bond donors (Lipinski definition) is 1. The Morgan fingerprint density at radius 2 is 2.14 bits per heavy atom. The van der Waals surface area contributed by atoms with Crippen LogP contribution in [0.2, 0.25) is 0 Å². The Morgan fingerprint density at radius 3 is 2.79 bits per heavy atom. The van der Waals surface area contributed by atoms with Crippen molar-refractivity contribution in [2.24, 2.45) is 11.8 Å². The lowest BCUT2D eigenvalue weighted by molar-refractivity contribution is -0.0200. The van der Waals surface area contributed by atoms with Crippen LogP contribution in [0.4, 0.5) is 0 Å². The van der Waals surface area contributed by atoms with Crippen molar-refractivity contribution in [2.45, 2.75) is 45.1 Å². The van der Waals surface area contributed by atoms with Gasteiger partial charge in [0, 0.05) is 0 Å². The summed E-state index contributed by atoms with van der Waals surface area (Å²) in [6.45, 7) is 7.96. The predicted molar refractivity (Wildman–Crippen MR) is 58.3 cm³/mol. The molecule has 0 aromatic rings. The van der Waals surface area contributed by atoms with Crippen molar-refractivity contribution in [3.63, 3.8) is 0 Å². The molecule has 0 aliphatic carbocycles. The van der Waals surface area contributed by atoms with Crippen LogP contribution in [0, 0.1) is 11.8 Å². The average Bonchev–Trinajstić information content (AvgIpc) is 2.62. The monoisotopic (exact) mass is 197 g/mol. The predicted octanol–water partition coefficient (Wildman–Crippen LogP) is 2.19. The minimum atomic E-state index is 0.263. The van der Waals surface area contributed by atoms with Gasteiger partial charge in [0.15, 0.2) is 0 Å². The lowest BCUT2D eigenvalue weighted by Crippen LogP contribution is -2.41. The van der Waals surface area contributed by atoms with E-state index < -0.39 is 0 Å². The minimum Gasteiger partial charge on any atom is -0.375 e. The molecule has 2 aliphatic heterocycles. The molecule has 0 amide bonds. The van der Waals surface area contributed by atoms with E-state index in [9.17, 15) is 0 Å². The Morgan fingerprint density at radius 1 is 1.43 bits per heavy atom. The maximum absolute atomic E-state index is 6.08. The van der Waals surface area contributed by atoms with Crippen molar-refractivity contribution >= 4 is 0 Å². The summed E-state index contributed by atoms with van der Waals surface area (Å²) in [5.74, 6) is 1.65. The molecule has 82 valence electrons. The zero-order valence-corrected chi connectivity index (χ0v) is 9.51. The van der Waals surface area contributed by atoms with Crippen LogP contribution in [-0.4, -0.2) is 25.3 Å². The summed E-state index contributed by atoms with van der Waals surface area (Å²) >= 11 is 0. The fraction of sp³-hybridized carbons (Fsp3) is 1.00. The van der Waals surface area contributed by atoms with E-state index in [0.29, 0.717) is 0 Å². The summed E-state index contributed by atoms with van der Waals surface area (Å²) in [5, 5.41) is 3.41. The highest BCUT2D eigenvalue weighted by Crippen LogP contribution is 2.40. The van der Waals surface area contributed by atoms with Crippen LogP contribution in [-0.2, 0) is 4.74 Å². The SMILES string of the molecule is CCC(C)C1COC2(CCNCC2)C1. The largest absolute Gasteiger partial charge is 0.375 e. The molecule has 2 fully saturated rings. The van der Waals surface area contributed by atoms with Crippen LogP contribution in [0.15, 0.2) is 0 Å². The van der Waals surface area contributed by atoms with Gasteiger partial charge in [0.05, 0.1) is 12.2 Å². The van der Waals surface area contributed by atoms with Gasteiger partial charge in [-0.3, -0.25) is 0 Å². The van der Waals surface area contributed by atoms with Crippen LogP contribution in [0.5, 0.6) is 0 Å². The summed E-state index contributed by atoms with van der Waals surface area (Å²) in [5.41, 5.74) is 0.263. The lowest BCUT2D eigenvalue weighted by Gasteiger charge is -2.33. The van der Waals surface area contributed by atoms with Crippen molar-refractivity contribution < 1.29 is 4.74 Å². The highest BCUT2D eigenvalue weighted by molar-refractivity contribution is 4.93. The zero-order valence-electron chi connectivity index (χ0n) is 9.51. The van der Waals surface area contributed by atoms with Crippen LogP contribution in [0.3, 0.4) is 0 Å². The van der Waals surface area contributed by atoms with Crippen molar-refractivity contribution in [1.82, 2.24) is 5.32 Å². The van der Waals surface area contributed by atoms with Crippen LogP contribution >= 0.6 is 0 Å². The molecule has 1 spiro atoms. The first-order valence-electron chi connectivity index (χ1n) is 6.10. The van der Waals surface area contributed by atoms with E-state index in [2.05, 4.69) is 19.2 Å². The normalized spacial score (nSPS) is 33.4. The molecule has 2 nitrogen and oxygen atoms in total. The highest BCUT2D eigenvalue weighted by Gasteiger charge is 2.42. The second-order valence-corrected chi connectivity index (χ2v) is 5.09. The van der Waals surface area contributed by atoms with Crippen molar-refractivity contribution in [3.05, 3.63) is 0 Å². The molecular formula is C12H23NO.